The molecule has 0 aliphatic heterocycles. The van der Waals surface area contributed by atoms with E-state index in [1.807, 2.05) is 31.3 Å². The fraction of sp³-hybridized carbons (Fsp3) is 0.562. The first-order valence-electron chi connectivity index (χ1n) is 7.47. The van der Waals surface area contributed by atoms with Crippen molar-refractivity contribution in [3.63, 3.8) is 0 Å². The van der Waals surface area contributed by atoms with Crippen molar-refractivity contribution in [2.45, 2.75) is 31.9 Å². The number of urea groups is 1. The first-order valence-corrected chi connectivity index (χ1v) is 7.47. The monoisotopic (exact) mass is 291 g/mol. The number of aliphatic hydroxyl groups excluding tert-OH is 1. The zero-order valence-electron chi connectivity index (χ0n) is 13.0. The quantitative estimate of drug-likeness (QED) is 0.779. The van der Waals surface area contributed by atoms with Gasteiger partial charge < -0.3 is 20.6 Å². The SMILES string of the molecule is CNC(C)c1ccc(NC(=O)N(C)CC2CC(O)C2)cc1. The minimum atomic E-state index is -0.173. The highest BCUT2D eigenvalue weighted by molar-refractivity contribution is 5.89. The van der Waals surface area contributed by atoms with Crippen molar-refractivity contribution in [3.05, 3.63) is 29.8 Å². The molecule has 116 valence electrons. The standard InChI is InChI=1S/C16H25N3O2/c1-11(17-2)13-4-6-14(7-5-13)18-16(21)19(3)10-12-8-15(20)9-12/h4-7,11-12,15,17,20H,8-10H2,1-3H3,(H,18,21). The van der Waals surface area contributed by atoms with Crippen LogP contribution in [0.25, 0.3) is 0 Å². The molecule has 5 nitrogen and oxygen atoms in total. The summed E-state index contributed by atoms with van der Waals surface area (Å²) in [5.41, 5.74) is 1.99. The summed E-state index contributed by atoms with van der Waals surface area (Å²) in [6.45, 7) is 2.78. The van der Waals surface area contributed by atoms with Crippen LogP contribution in [0.2, 0.25) is 0 Å². The van der Waals surface area contributed by atoms with Crippen LogP contribution in [-0.2, 0) is 0 Å². The molecule has 0 radical (unpaired) electrons. The molecular weight excluding hydrogens is 266 g/mol. The Morgan fingerprint density at radius 1 is 1.38 bits per heavy atom. The molecule has 1 aromatic rings. The fourth-order valence-corrected chi connectivity index (χ4v) is 2.56. The molecule has 0 bridgehead atoms. The van der Waals surface area contributed by atoms with E-state index in [-0.39, 0.29) is 12.1 Å². The van der Waals surface area contributed by atoms with Crippen molar-refractivity contribution in [2.24, 2.45) is 5.92 Å². The summed E-state index contributed by atoms with van der Waals surface area (Å²) in [4.78, 5) is 13.8. The molecule has 1 aliphatic rings. The van der Waals surface area contributed by atoms with E-state index < -0.39 is 0 Å². The Morgan fingerprint density at radius 2 is 2.00 bits per heavy atom. The van der Waals surface area contributed by atoms with Crippen molar-refractivity contribution in [3.8, 4) is 0 Å². The highest BCUT2D eigenvalue weighted by atomic mass is 16.3. The Labute approximate surface area is 126 Å². The van der Waals surface area contributed by atoms with Crippen molar-refractivity contribution >= 4 is 11.7 Å². The Morgan fingerprint density at radius 3 is 2.52 bits per heavy atom. The lowest BCUT2D eigenvalue weighted by Gasteiger charge is -2.34. The van der Waals surface area contributed by atoms with Gasteiger partial charge in [0.2, 0.25) is 0 Å². The maximum Gasteiger partial charge on any atom is 0.321 e. The topological polar surface area (TPSA) is 64.6 Å². The van der Waals surface area contributed by atoms with Crippen molar-refractivity contribution in [2.75, 3.05) is 26.0 Å². The maximum absolute atomic E-state index is 12.1. The van der Waals surface area contributed by atoms with Crippen LogP contribution in [0.4, 0.5) is 10.5 Å². The van der Waals surface area contributed by atoms with Gasteiger partial charge in [0.15, 0.2) is 0 Å². The molecule has 0 heterocycles. The zero-order valence-corrected chi connectivity index (χ0v) is 13.0. The van der Waals surface area contributed by atoms with Gasteiger partial charge in [-0.15, -0.1) is 0 Å². The molecule has 1 aliphatic carbocycles. The molecule has 0 aromatic heterocycles. The van der Waals surface area contributed by atoms with Crippen LogP contribution in [0.3, 0.4) is 0 Å². The molecular formula is C16H25N3O2. The second-order valence-electron chi connectivity index (χ2n) is 5.93. The molecule has 2 rings (SSSR count). The minimum absolute atomic E-state index is 0.106. The number of hydrogen-bond donors (Lipinski definition) is 3. The lowest BCUT2D eigenvalue weighted by molar-refractivity contribution is 0.0332. The van der Waals surface area contributed by atoms with Crippen LogP contribution in [0, 0.1) is 5.92 Å². The lowest BCUT2D eigenvalue weighted by atomic mass is 9.82. The number of rotatable bonds is 5. The number of anilines is 1. The molecule has 0 spiro atoms. The number of aliphatic hydroxyl groups is 1. The average molecular weight is 291 g/mol. The average Bonchev–Trinajstić information content (AvgIpc) is 2.45. The molecule has 21 heavy (non-hydrogen) atoms. The van der Waals surface area contributed by atoms with E-state index in [2.05, 4.69) is 17.6 Å². The smallest absolute Gasteiger partial charge is 0.321 e. The van der Waals surface area contributed by atoms with Crippen LogP contribution in [-0.4, -0.2) is 42.8 Å². The van der Waals surface area contributed by atoms with Gasteiger partial charge in [0.25, 0.3) is 0 Å². The van der Waals surface area contributed by atoms with Crippen molar-refractivity contribution < 1.29 is 9.90 Å². The predicted octanol–water partition coefficient (Wildman–Crippen LogP) is 2.20. The fourth-order valence-electron chi connectivity index (χ4n) is 2.56. The van der Waals surface area contributed by atoms with E-state index in [0.29, 0.717) is 18.5 Å². The number of nitrogens with one attached hydrogen (secondary N) is 2. The number of hydrogen-bond acceptors (Lipinski definition) is 3. The molecule has 1 aromatic carbocycles. The molecule has 3 N–H and O–H groups in total. The van der Waals surface area contributed by atoms with Gasteiger partial charge in [-0.05, 0) is 50.4 Å². The summed E-state index contributed by atoms with van der Waals surface area (Å²) >= 11 is 0. The van der Waals surface area contributed by atoms with Crippen LogP contribution in [0.1, 0.15) is 31.4 Å². The Balaban J connectivity index is 1.84. The van der Waals surface area contributed by atoms with Gasteiger partial charge in [-0.25, -0.2) is 4.79 Å². The van der Waals surface area contributed by atoms with Crippen molar-refractivity contribution in [1.82, 2.24) is 10.2 Å². The first kappa shape index (κ1) is 15.8. The minimum Gasteiger partial charge on any atom is -0.393 e. The third kappa shape index (κ3) is 4.19. The normalized spacial score (nSPS) is 22.3. The number of benzene rings is 1. The van der Waals surface area contributed by atoms with Crippen molar-refractivity contribution in [1.29, 1.82) is 0 Å². The van der Waals surface area contributed by atoms with Crippen LogP contribution < -0.4 is 10.6 Å². The Hall–Kier alpha value is -1.59. The Kier molecular flexibility index (Phi) is 5.20. The molecule has 1 atom stereocenters. The summed E-state index contributed by atoms with van der Waals surface area (Å²) in [6, 6.07) is 8.05. The maximum atomic E-state index is 12.1. The summed E-state index contributed by atoms with van der Waals surface area (Å²) in [5, 5.41) is 15.3. The summed E-state index contributed by atoms with van der Waals surface area (Å²) in [6.07, 6.45) is 1.43. The van der Waals surface area contributed by atoms with E-state index >= 15 is 0 Å². The number of carbonyl (C=O) groups is 1. The summed E-state index contributed by atoms with van der Waals surface area (Å²) in [5.74, 6) is 0.426. The Bertz CT molecular complexity index is 469. The van der Waals surface area contributed by atoms with Crippen LogP contribution in [0.15, 0.2) is 24.3 Å². The third-order valence-electron chi connectivity index (χ3n) is 4.18. The number of amides is 2. The van der Waals surface area contributed by atoms with Gasteiger partial charge in [0.05, 0.1) is 6.10 Å². The van der Waals surface area contributed by atoms with Crippen LogP contribution in [0.5, 0.6) is 0 Å². The molecule has 0 saturated heterocycles. The van der Waals surface area contributed by atoms with E-state index in [0.717, 1.165) is 18.5 Å². The highest BCUT2D eigenvalue weighted by Crippen LogP contribution is 2.27. The first-order chi connectivity index (χ1) is 9.99. The molecule has 2 amide bonds. The van der Waals surface area contributed by atoms with Crippen LogP contribution >= 0.6 is 0 Å². The zero-order chi connectivity index (χ0) is 15.4. The predicted molar refractivity (Wildman–Crippen MR) is 84.3 cm³/mol. The highest BCUT2D eigenvalue weighted by Gasteiger charge is 2.29. The second kappa shape index (κ2) is 6.91. The molecule has 1 saturated carbocycles. The van der Waals surface area contributed by atoms with Gasteiger partial charge in [0, 0.05) is 25.3 Å². The van der Waals surface area contributed by atoms with Gasteiger partial charge in [-0.3, -0.25) is 0 Å². The van der Waals surface area contributed by atoms with Gasteiger partial charge >= 0.3 is 6.03 Å². The summed E-state index contributed by atoms with van der Waals surface area (Å²) in [7, 11) is 3.71. The van der Waals surface area contributed by atoms with Gasteiger partial charge in [-0.2, -0.15) is 0 Å². The van der Waals surface area contributed by atoms with E-state index in [9.17, 15) is 9.90 Å². The van der Waals surface area contributed by atoms with E-state index in [1.54, 1.807) is 11.9 Å². The van der Waals surface area contributed by atoms with E-state index in [1.165, 1.54) is 5.56 Å². The molecule has 5 heteroatoms. The molecule has 1 unspecified atom stereocenters. The second-order valence-corrected chi connectivity index (χ2v) is 5.93. The van der Waals surface area contributed by atoms with Gasteiger partial charge in [0.1, 0.15) is 0 Å². The van der Waals surface area contributed by atoms with Gasteiger partial charge in [-0.1, -0.05) is 12.1 Å². The number of carbonyl (C=O) groups excluding carboxylic acids is 1. The number of nitrogens with zero attached hydrogens (tertiary/aromatic N) is 1. The largest absolute Gasteiger partial charge is 0.393 e. The molecule has 1 fully saturated rings. The van der Waals surface area contributed by atoms with E-state index in [4.69, 9.17) is 0 Å². The lowest BCUT2D eigenvalue weighted by Crippen LogP contribution is -2.41. The summed E-state index contributed by atoms with van der Waals surface area (Å²) < 4.78 is 0. The third-order valence-corrected chi connectivity index (χ3v) is 4.18.